The van der Waals surface area contributed by atoms with E-state index >= 15 is 0 Å². The van der Waals surface area contributed by atoms with Crippen LogP contribution in [0.3, 0.4) is 0 Å². The summed E-state index contributed by atoms with van der Waals surface area (Å²) in [6, 6.07) is -0.235. The summed E-state index contributed by atoms with van der Waals surface area (Å²) in [6.07, 6.45) is 1.19. The van der Waals surface area contributed by atoms with Crippen molar-refractivity contribution < 1.29 is 18.3 Å². The standard InChI is InChI=1S/C12H20F3NO/c13-12(14,15)8-16(9-6-7-9)10-4-2-1-3-5-11(10)17/h9-11,17H,1-8H2. The zero-order chi connectivity index (χ0) is 12.5. The molecule has 2 aliphatic rings. The molecule has 0 spiro atoms. The zero-order valence-electron chi connectivity index (χ0n) is 9.92. The summed E-state index contributed by atoms with van der Waals surface area (Å²) in [4.78, 5) is 1.51. The number of halogens is 3. The minimum Gasteiger partial charge on any atom is -0.391 e. The molecule has 2 rings (SSSR count). The van der Waals surface area contributed by atoms with Crippen LogP contribution in [-0.4, -0.2) is 40.9 Å². The lowest BCUT2D eigenvalue weighted by atomic mass is 10.0. The molecule has 2 unspecified atom stereocenters. The number of nitrogens with zero attached hydrogens (tertiary/aromatic N) is 1. The van der Waals surface area contributed by atoms with Crippen molar-refractivity contribution in [3.8, 4) is 0 Å². The predicted molar refractivity (Wildman–Crippen MR) is 58.7 cm³/mol. The molecule has 0 bridgehead atoms. The largest absolute Gasteiger partial charge is 0.401 e. The molecule has 0 aliphatic heterocycles. The lowest BCUT2D eigenvalue weighted by molar-refractivity contribution is -0.157. The van der Waals surface area contributed by atoms with Crippen molar-refractivity contribution >= 4 is 0 Å². The Morgan fingerprint density at radius 3 is 2.24 bits per heavy atom. The van der Waals surface area contributed by atoms with Gasteiger partial charge in [0, 0.05) is 12.1 Å². The molecule has 0 aromatic carbocycles. The summed E-state index contributed by atoms with van der Waals surface area (Å²) >= 11 is 0. The lowest BCUT2D eigenvalue weighted by Crippen LogP contribution is -2.48. The van der Waals surface area contributed by atoms with Gasteiger partial charge >= 0.3 is 6.18 Å². The second-order valence-corrected chi connectivity index (χ2v) is 5.29. The fourth-order valence-corrected chi connectivity index (χ4v) is 2.79. The number of aliphatic hydroxyl groups is 1. The first-order valence-corrected chi connectivity index (χ1v) is 6.48. The van der Waals surface area contributed by atoms with E-state index in [-0.39, 0.29) is 12.1 Å². The minimum absolute atomic E-state index is 0.0503. The van der Waals surface area contributed by atoms with Gasteiger partial charge in [-0.15, -0.1) is 0 Å². The molecule has 5 heteroatoms. The number of aliphatic hydroxyl groups excluding tert-OH is 1. The van der Waals surface area contributed by atoms with E-state index in [1.54, 1.807) is 0 Å². The van der Waals surface area contributed by atoms with Gasteiger partial charge in [0.2, 0.25) is 0 Å². The van der Waals surface area contributed by atoms with Gasteiger partial charge in [0.25, 0.3) is 0 Å². The second kappa shape index (κ2) is 5.14. The third-order valence-corrected chi connectivity index (χ3v) is 3.75. The molecule has 1 N–H and O–H groups in total. The van der Waals surface area contributed by atoms with Gasteiger partial charge in [0.05, 0.1) is 12.6 Å². The third kappa shape index (κ3) is 3.85. The van der Waals surface area contributed by atoms with Crippen LogP contribution in [-0.2, 0) is 0 Å². The van der Waals surface area contributed by atoms with Crippen LogP contribution in [0, 0.1) is 0 Å². The maximum Gasteiger partial charge on any atom is 0.401 e. The first-order chi connectivity index (χ1) is 7.97. The zero-order valence-corrected chi connectivity index (χ0v) is 9.92. The number of hydrogen-bond donors (Lipinski definition) is 1. The van der Waals surface area contributed by atoms with Crippen molar-refractivity contribution in [3.63, 3.8) is 0 Å². The van der Waals surface area contributed by atoms with E-state index in [9.17, 15) is 18.3 Å². The van der Waals surface area contributed by atoms with Crippen molar-refractivity contribution in [1.82, 2.24) is 4.90 Å². The molecule has 2 fully saturated rings. The molecule has 0 aromatic rings. The van der Waals surface area contributed by atoms with Crippen LogP contribution in [0.4, 0.5) is 13.2 Å². The first-order valence-electron chi connectivity index (χ1n) is 6.48. The van der Waals surface area contributed by atoms with Gasteiger partial charge in [0.1, 0.15) is 0 Å². The van der Waals surface area contributed by atoms with Gasteiger partial charge in [-0.1, -0.05) is 19.3 Å². The molecule has 2 saturated carbocycles. The highest BCUT2D eigenvalue weighted by molar-refractivity contribution is 4.93. The summed E-state index contributed by atoms with van der Waals surface area (Å²) in [6.45, 7) is -0.862. The van der Waals surface area contributed by atoms with Crippen LogP contribution in [0.1, 0.15) is 44.9 Å². The highest BCUT2D eigenvalue weighted by atomic mass is 19.4. The lowest BCUT2D eigenvalue weighted by Gasteiger charge is -2.34. The molecule has 100 valence electrons. The quantitative estimate of drug-likeness (QED) is 0.780. The van der Waals surface area contributed by atoms with Gasteiger partial charge in [-0.25, -0.2) is 0 Å². The van der Waals surface area contributed by atoms with Gasteiger partial charge in [-0.2, -0.15) is 13.2 Å². The Morgan fingerprint density at radius 1 is 1.00 bits per heavy atom. The SMILES string of the molecule is OC1CCCCCC1N(CC(F)(F)F)C1CC1. The normalized spacial score (nSPS) is 31.6. The van der Waals surface area contributed by atoms with Crippen molar-refractivity contribution in [2.45, 2.75) is 69.3 Å². The summed E-state index contributed by atoms with van der Waals surface area (Å²) < 4.78 is 37.7. The number of rotatable bonds is 3. The maximum atomic E-state index is 12.6. The molecule has 0 aromatic heterocycles. The minimum atomic E-state index is -4.16. The smallest absolute Gasteiger partial charge is 0.391 e. The Bertz CT molecular complexity index is 253. The molecule has 2 nitrogen and oxygen atoms in total. The van der Waals surface area contributed by atoms with Crippen molar-refractivity contribution in [2.24, 2.45) is 0 Å². The van der Waals surface area contributed by atoms with Crippen LogP contribution < -0.4 is 0 Å². The Labute approximate surface area is 99.8 Å². The van der Waals surface area contributed by atoms with Crippen LogP contribution >= 0.6 is 0 Å². The van der Waals surface area contributed by atoms with Crippen molar-refractivity contribution in [1.29, 1.82) is 0 Å². The topological polar surface area (TPSA) is 23.5 Å². The van der Waals surface area contributed by atoms with Crippen molar-refractivity contribution in [3.05, 3.63) is 0 Å². The average molecular weight is 251 g/mol. The predicted octanol–water partition coefficient (Wildman–Crippen LogP) is 2.71. The van der Waals surface area contributed by atoms with Gasteiger partial charge < -0.3 is 5.11 Å². The molecule has 0 radical (unpaired) electrons. The number of hydrogen-bond acceptors (Lipinski definition) is 2. The van der Waals surface area contributed by atoms with Crippen LogP contribution in [0.5, 0.6) is 0 Å². The Balaban J connectivity index is 2.02. The Morgan fingerprint density at radius 2 is 1.65 bits per heavy atom. The molecule has 17 heavy (non-hydrogen) atoms. The van der Waals surface area contributed by atoms with Crippen molar-refractivity contribution in [2.75, 3.05) is 6.54 Å². The molecule has 2 aliphatic carbocycles. The van der Waals surface area contributed by atoms with Crippen LogP contribution in [0.15, 0.2) is 0 Å². The summed E-state index contributed by atoms with van der Waals surface area (Å²) in [5.41, 5.74) is 0. The summed E-state index contributed by atoms with van der Waals surface area (Å²) in [7, 11) is 0. The second-order valence-electron chi connectivity index (χ2n) is 5.29. The molecule has 0 saturated heterocycles. The highest BCUT2D eigenvalue weighted by Gasteiger charge is 2.43. The number of alkyl halides is 3. The average Bonchev–Trinajstić information content (AvgIpc) is 3.00. The van der Waals surface area contributed by atoms with Gasteiger partial charge in [-0.05, 0) is 25.7 Å². The monoisotopic (exact) mass is 251 g/mol. The summed E-state index contributed by atoms with van der Waals surface area (Å²) in [5, 5.41) is 9.98. The van der Waals surface area contributed by atoms with E-state index in [0.29, 0.717) is 12.8 Å². The molecule has 0 amide bonds. The van der Waals surface area contributed by atoms with E-state index in [4.69, 9.17) is 0 Å². The van der Waals surface area contributed by atoms with Crippen LogP contribution in [0.2, 0.25) is 0 Å². The third-order valence-electron chi connectivity index (χ3n) is 3.75. The Kier molecular flexibility index (Phi) is 3.98. The molecular formula is C12H20F3NO. The van der Waals surface area contributed by atoms with Gasteiger partial charge in [-0.3, -0.25) is 4.90 Å². The maximum absolute atomic E-state index is 12.6. The first kappa shape index (κ1) is 13.1. The van der Waals surface area contributed by atoms with Gasteiger partial charge in [0.15, 0.2) is 0 Å². The van der Waals surface area contributed by atoms with E-state index in [0.717, 1.165) is 32.1 Å². The van der Waals surface area contributed by atoms with E-state index in [2.05, 4.69) is 0 Å². The van der Waals surface area contributed by atoms with Crippen LogP contribution in [0.25, 0.3) is 0 Å². The summed E-state index contributed by atoms with van der Waals surface area (Å²) in [5.74, 6) is 0. The molecule has 2 atom stereocenters. The molecular weight excluding hydrogens is 231 g/mol. The molecule has 0 heterocycles. The van der Waals surface area contributed by atoms with E-state index in [1.165, 1.54) is 4.90 Å². The van der Waals surface area contributed by atoms with E-state index in [1.807, 2.05) is 0 Å². The fraction of sp³-hybridized carbons (Fsp3) is 1.00. The Hall–Kier alpha value is -0.290. The fourth-order valence-electron chi connectivity index (χ4n) is 2.79. The highest BCUT2D eigenvalue weighted by Crippen LogP contribution is 2.35. The van der Waals surface area contributed by atoms with E-state index < -0.39 is 18.8 Å².